The van der Waals surface area contributed by atoms with Gasteiger partial charge in [0.15, 0.2) is 0 Å². The second-order valence-corrected chi connectivity index (χ2v) is 4.52. The Kier molecular flexibility index (Phi) is 3.62. The number of nitrogens with zero attached hydrogens (tertiary/aromatic N) is 2. The predicted octanol–water partition coefficient (Wildman–Crippen LogP) is 3.14. The Morgan fingerprint density at radius 1 is 1.24 bits per heavy atom. The summed E-state index contributed by atoms with van der Waals surface area (Å²) in [6.45, 7) is 1.82. The monoisotopic (exact) mass is 267 g/mol. The van der Waals surface area contributed by atoms with Gasteiger partial charge in [0.05, 0.1) is 11.7 Å². The molecule has 0 saturated carbocycles. The number of benzene rings is 1. The highest BCUT2D eigenvalue weighted by molar-refractivity contribution is 6.33. The third-order valence-electron chi connectivity index (χ3n) is 2.41. The third kappa shape index (κ3) is 2.75. The van der Waals surface area contributed by atoms with Crippen LogP contribution in [0.4, 0.5) is 0 Å². The minimum absolute atomic E-state index is 0.400. The molecular weight excluding hydrogens is 257 g/mol. The van der Waals surface area contributed by atoms with Crippen LogP contribution in [-0.2, 0) is 0 Å². The minimum Gasteiger partial charge on any atom is -0.319 e. The normalized spacial score (nSPS) is 12.5. The fourth-order valence-corrected chi connectivity index (χ4v) is 1.98. The summed E-state index contributed by atoms with van der Waals surface area (Å²) in [5.41, 5.74) is 7.61. The first kappa shape index (κ1) is 12.3. The summed E-state index contributed by atoms with van der Waals surface area (Å²) >= 11 is 12.0. The summed E-state index contributed by atoms with van der Waals surface area (Å²) in [5, 5.41) is 1.18. The molecule has 0 fully saturated rings. The Hall–Kier alpha value is -1.16. The van der Waals surface area contributed by atoms with Gasteiger partial charge in [0, 0.05) is 16.2 Å². The van der Waals surface area contributed by atoms with E-state index >= 15 is 0 Å². The lowest BCUT2D eigenvalue weighted by molar-refractivity contribution is 0.807. The van der Waals surface area contributed by atoms with Gasteiger partial charge >= 0.3 is 0 Å². The van der Waals surface area contributed by atoms with Crippen LogP contribution in [0.25, 0.3) is 0 Å². The van der Waals surface area contributed by atoms with Crippen LogP contribution in [0.2, 0.25) is 10.0 Å². The standard InChI is InChI=1S/C12H11Cl2N3/c1-7-16-5-4-11(17-7)12(15)9-6-8(13)2-3-10(9)14/h2-6,12H,15H2,1H3. The van der Waals surface area contributed by atoms with E-state index in [9.17, 15) is 0 Å². The molecule has 2 rings (SSSR count). The first-order chi connectivity index (χ1) is 8.08. The van der Waals surface area contributed by atoms with Crippen LogP contribution in [-0.4, -0.2) is 9.97 Å². The molecular formula is C12H11Cl2N3. The number of aryl methyl sites for hydroxylation is 1. The molecule has 1 heterocycles. The predicted molar refractivity (Wildman–Crippen MR) is 69.3 cm³/mol. The molecule has 1 unspecified atom stereocenters. The smallest absolute Gasteiger partial charge is 0.125 e. The van der Waals surface area contributed by atoms with E-state index in [2.05, 4.69) is 9.97 Å². The Labute approximate surface area is 110 Å². The van der Waals surface area contributed by atoms with Crippen molar-refractivity contribution in [2.75, 3.05) is 0 Å². The average molecular weight is 268 g/mol. The van der Waals surface area contributed by atoms with Crippen LogP contribution < -0.4 is 5.73 Å². The molecule has 1 atom stereocenters. The molecule has 17 heavy (non-hydrogen) atoms. The van der Waals surface area contributed by atoms with Gasteiger partial charge in [-0.2, -0.15) is 0 Å². The number of hydrogen-bond donors (Lipinski definition) is 1. The van der Waals surface area contributed by atoms with E-state index in [4.69, 9.17) is 28.9 Å². The lowest BCUT2D eigenvalue weighted by Crippen LogP contribution is -2.14. The van der Waals surface area contributed by atoms with Gasteiger partial charge in [0.1, 0.15) is 5.82 Å². The van der Waals surface area contributed by atoms with E-state index in [-0.39, 0.29) is 0 Å². The summed E-state index contributed by atoms with van der Waals surface area (Å²) in [6, 6.07) is 6.59. The van der Waals surface area contributed by atoms with Crippen molar-refractivity contribution < 1.29 is 0 Å². The molecule has 0 spiro atoms. The van der Waals surface area contributed by atoms with Crippen molar-refractivity contribution in [2.45, 2.75) is 13.0 Å². The van der Waals surface area contributed by atoms with E-state index in [0.717, 1.165) is 11.3 Å². The van der Waals surface area contributed by atoms with Crippen molar-refractivity contribution >= 4 is 23.2 Å². The maximum atomic E-state index is 6.12. The molecule has 0 saturated heterocycles. The quantitative estimate of drug-likeness (QED) is 0.910. The number of hydrogen-bond acceptors (Lipinski definition) is 3. The Morgan fingerprint density at radius 3 is 2.71 bits per heavy atom. The summed E-state index contributed by atoms with van der Waals surface area (Å²) in [7, 11) is 0. The van der Waals surface area contributed by atoms with E-state index in [1.54, 1.807) is 30.5 Å². The maximum absolute atomic E-state index is 6.12. The van der Waals surface area contributed by atoms with Crippen LogP contribution in [0, 0.1) is 6.92 Å². The van der Waals surface area contributed by atoms with Crippen molar-refractivity contribution in [3.63, 3.8) is 0 Å². The zero-order valence-electron chi connectivity index (χ0n) is 9.19. The minimum atomic E-state index is -0.400. The molecule has 5 heteroatoms. The van der Waals surface area contributed by atoms with Gasteiger partial charge in [-0.05, 0) is 36.8 Å². The summed E-state index contributed by atoms with van der Waals surface area (Å²) in [4.78, 5) is 8.31. The molecule has 0 aliphatic rings. The first-order valence-corrected chi connectivity index (χ1v) is 5.83. The molecule has 0 amide bonds. The molecule has 2 N–H and O–H groups in total. The second kappa shape index (κ2) is 5.00. The van der Waals surface area contributed by atoms with Crippen molar-refractivity contribution in [3.8, 4) is 0 Å². The SMILES string of the molecule is Cc1nccc(C(N)c2cc(Cl)ccc2Cl)n1. The van der Waals surface area contributed by atoms with Gasteiger partial charge in [0.2, 0.25) is 0 Å². The van der Waals surface area contributed by atoms with Gasteiger partial charge in [-0.3, -0.25) is 0 Å². The molecule has 0 aliphatic carbocycles. The summed E-state index contributed by atoms with van der Waals surface area (Å²) < 4.78 is 0. The van der Waals surface area contributed by atoms with Gasteiger partial charge in [-0.15, -0.1) is 0 Å². The lowest BCUT2D eigenvalue weighted by Gasteiger charge is -2.13. The van der Waals surface area contributed by atoms with Crippen LogP contribution in [0.1, 0.15) is 23.1 Å². The Balaban J connectivity index is 2.43. The van der Waals surface area contributed by atoms with Crippen molar-refractivity contribution in [2.24, 2.45) is 5.73 Å². The summed E-state index contributed by atoms with van der Waals surface area (Å²) in [5.74, 6) is 0.677. The highest BCUT2D eigenvalue weighted by Gasteiger charge is 2.14. The average Bonchev–Trinajstić information content (AvgIpc) is 2.31. The zero-order chi connectivity index (χ0) is 12.4. The topological polar surface area (TPSA) is 51.8 Å². The van der Waals surface area contributed by atoms with E-state index in [1.165, 1.54) is 0 Å². The van der Waals surface area contributed by atoms with Crippen LogP contribution in [0.3, 0.4) is 0 Å². The van der Waals surface area contributed by atoms with Gasteiger partial charge in [-0.25, -0.2) is 9.97 Å². The Bertz CT molecular complexity index is 543. The fourth-order valence-electron chi connectivity index (χ4n) is 1.56. The largest absolute Gasteiger partial charge is 0.319 e. The van der Waals surface area contributed by atoms with Crippen LogP contribution >= 0.6 is 23.2 Å². The number of halogens is 2. The number of rotatable bonds is 2. The van der Waals surface area contributed by atoms with Crippen LogP contribution in [0.15, 0.2) is 30.5 Å². The molecule has 0 aliphatic heterocycles. The molecule has 88 valence electrons. The van der Waals surface area contributed by atoms with Crippen molar-refractivity contribution in [1.29, 1.82) is 0 Å². The maximum Gasteiger partial charge on any atom is 0.125 e. The van der Waals surface area contributed by atoms with Crippen molar-refractivity contribution in [3.05, 3.63) is 57.6 Å². The van der Waals surface area contributed by atoms with Gasteiger partial charge in [0.25, 0.3) is 0 Å². The van der Waals surface area contributed by atoms with Crippen LogP contribution in [0.5, 0.6) is 0 Å². The lowest BCUT2D eigenvalue weighted by atomic mass is 10.0. The first-order valence-electron chi connectivity index (χ1n) is 5.08. The fraction of sp³-hybridized carbons (Fsp3) is 0.167. The zero-order valence-corrected chi connectivity index (χ0v) is 10.7. The van der Waals surface area contributed by atoms with Gasteiger partial charge < -0.3 is 5.73 Å². The molecule has 0 bridgehead atoms. The van der Waals surface area contributed by atoms with Gasteiger partial charge in [-0.1, -0.05) is 23.2 Å². The van der Waals surface area contributed by atoms with E-state index < -0.39 is 6.04 Å². The molecule has 1 aromatic carbocycles. The Morgan fingerprint density at radius 2 is 2.00 bits per heavy atom. The third-order valence-corrected chi connectivity index (χ3v) is 2.99. The second-order valence-electron chi connectivity index (χ2n) is 3.67. The molecule has 3 nitrogen and oxygen atoms in total. The van der Waals surface area contributed by atoms with E-state index in [1.807, 2.05) is 6.92 Å². The highest BCUT2D eigenvalue weighted by atomic mass is 35.5. The number of aromatic nitrogens is 2. The molecule has 0 radical (unpaired) electrons. The van der Waals surface area contributed by atoms with Crippen molar-refractivity contribution in [1.82, 2.24) is 9.97 Å². The number of nitrogens with two attached hydrogens (primary N) is 1. The molecule has 1 aromatic heterocycles. The summed E-state index contributed by atoms with van der Waals surface area (Å²) in [6.07, 6.45) is 1.68. The van der Waals surface area contributed by atoms with E-state index in [0.29, 0.717) is 15.9 Å². The molecule has 2 aromatic rings. The highest BCUT2D eigenvalue weighted by Crippen LogP contribution is 2.28.